The van der Waals surface area contributed by atoms with Crippen LogP contribution in [0.25, 0.3) is 17.0 Å². The Kier molecular flexibility index (Phi) is 3.06. The van der Waals surface area contributed by atoms with E-state index < -0.39 is 11.8 Å². The van der Waals surface area contributed by atoms with Crippen LogP contribution in [0.2, 0.25) is 5.02 Å². The number of halogens is 2. The molecule has 0 aliphatic carbocycles. The summed E-state index contributed by atoms with van der Waals surface area (Å²) in [5, 5.41) is 9.08. The number of carboxylic acid groups (broad SMARTS) is 1. The van der Waals surface area contributed by atoms with Crippen molar-refractivity contribution >= 4 is 34.5 Å². The van der Waals surface area contributed by atoms with Gasteiger partial charge in [-0.3, -0.25) is 0 Å². The van der Waals surface area contributed by atoms with E-state index in [-0.39, 0.29) is 5.02 Å². The van der Waals surface area contributed by atoms with Gasteiger partial charge < -0.3 is 5.11 Å². The largest absolute Gasteiger partial charge is 0.478 e. The van der Waals surface area contributed by atoms with Gasteiger partial charge in [-0.05, 0) is 24.3 Å². The first-order valence-corrected chi connectivity index (χ1v) is 5.11. The number of fused-ring (bicyclic) bond motifs is 1. The molecule has 0 atom stereocenters. The lowest BCUT2D eigenvalue weighted by atomic mass is 10.2. The summed E-state index contributed by atoms with van der Waals surface area (Å²) in [5.41, 5.74) is 0.992. The van der Waals surface area contributed by atoms with Gasteiger partial charge in [-0.25, -0.2) is 14.2 Å². The zero-order chi connectivity index (χ0) is 12.4. The zero-order valence-corrected chi connectivity index (χ0v) is 9.28. The van der Waals surface area contributed by atoms with Crippen molar-refractivity contribution in [2.45, 2.75) is 0 Å². The maximum Gasteiger partial charge on any atom is 0.328 e. The average Bonchev–Trinajstić information content (AvgIpc) is 2.28. The van der Waals surface area contributed by atoms with Crippen molar-refractivity contribution in [1.82, 2.24) is 4.98 Å². The van der Waals surface area contributed by atoms with Gasteiger partial charge in [0.15, 0.2) is 0 Å². The summed E-state index contributed by atoms with van der Waals surface area (Å²) in [6, 6.07) is 5.96. The molecule has 0 aliphatic rings. The molecule has 86 valence electrons. The highest BCUT2D eigenvalue weighted by Crippen LogP contribution is 2.22. The van der Waals surface area contributed by atoms with Crippen molar-refractivity contribution < 1.29 is 14.3 Å². The highest BCUT2D eigenvalue weighted by molar-refractivity contribution is 6.31. The van der Waals surface area contributed by atoms with E-state index in [4.69, 9.17) is 16.7 Å². The number of hydrogen-bond donors (Lipinski definition) is 1. The molecule has 0 radical (unpaired) electrons. The van der Waals surface area contributed by atoms with Gasteiger partial charge >= 0.3 is 5.97 Å². The Labute approximate surface area is 101 Å². The molecule has 1 aromatic carbocycles. The van der Waals surface area contributed by atoms with Crippen molar-refractivity contribution in [3.8, 4) is 0 Å². The number of benzene rings is 1. The zero-order valence-electron chi connectivity index (χ0n) is 8.52. The minimum Gasteiger partial charge on any atom is -0.478 e. The van der Waals surface area contributed by atoms with E-state index in [2.05, 4.69) is 4.98 Å². The molecule has 0 saturated carbocycles. The number of rotatable bonds is 2. The Morgan fingerprint density at radius 2 is 2.18 bits per heavy atom. The number of hydrogen-bond acceptors (Lipinski definition) is 2. The van der Waals surface area contributed by atoms with Crippen LogP contribution in [0.1, 0.15) is 5.69 Å². The number of carboxylic acids is 1. The summed E-state index contributed by atoms with van der Waals surface area (Å²) in [7, 11) is 0. The van der Waals surface area contributed by atoms with E-state index in [1.54, 1.807) is 12.1 Å². The minimum absolute atomic E-state index is 0.00985. The predicted octanol–water partition coefficient (Wildman–Crippen LogP) is 3.13. The Bertz CT molecular complexity index is 625. The number of pyridine rings is 1. The van der Waals surface area contributed by atoms with E-state index in [1.807, 2.05) is 0 Å². The van der Waals surface area contributed by atoms with Crippen molar-refractivity contribution in [3.63, 3.8) is 0 Å². The molecular formula is C12H7ClFNO2. The second-order valence-corrected chi connectivity index (χ2v) is 3.77. The molecule has 1 N–H and O–H groups in total. The third kappa shape index (κ3) is 2.60. The molecule has 2 aromatic rings. The summed E-state index contributed by atoms with van der Waals surface area (Å²) in [6.07, 6.45) is 2.35. The molecule has 1 heterocycles. The summed E-state index contributed by atoms with van der Waals surface area (Å²) >= 11 is 5.64. The van der Waals surface area contributed by atoms with E-state index >= 15 is 0 Å². The Balaban J connectivity index is 2.50. The molecule has 0 unspecified atom stereocenters. The minimum atomic E-state index is -1.05. The van der Waals surface area contributed by atoms with Crippen LogP contribution in [-0.4, -0.2) is 16.1 Å². The second-order valence-electron chi connectivity index (χ2n) is 3.37. The van der Waals surface area contributed by atoms with Crippen molar-refractivity contribution in [1.29, 1.82) is 0 Å². The van der Waals surface area contributed by atoms with Gasteiger partial charge in [0.05, 0.1) is 16.2 Å². The Morgan fingerprint density at radius 1 is 1.41 bits per heavy atom. The lowest BCUT2D eigenvalue weighted by Gasteiger charge is -2.00. The van der Waals surface area contributed by atoms with E-state index in [9.17, 15) is 9.18 Å². The van der Waals surface area contributed by atoms with Gasteiger partial charge in [-0.2, -0.15) is 0 Å². The SMILES string of the molecule is O=C(O)/C=C/c1ccc2cc(F)c(Cl)cc2n1. The summed E-state index contributed by atoms with van der Waals surface area (Å²) in [6.45, 7) is 0. The van der Waals surface area contributed by atoms with Crippen LogP contribution < -0.4 is 0 Å². The van der Waals surface area contributed by atoms with Gasteiger partial charge in [0, 0.05) is 11.5 Å². The molecule has 0 amide bonds. The Morgan fingerprint density at radius 3 is 2.88 bits per heavy atom. The summed E-state index contributed by atoms with van der Waals surface area (Å²) in [4.78, 5) is 14.5. The smallest absolute Gasteiger partial charge is 0.328 e. The molecule has 0 fully saturated rings. The van der Waals surface area contributed by atoms with Crippen molar-refractivity contribution in [2.24, 2.45) is 0 Å². The van der Waals surface area contributed by atoms with Gasteiger partial charge in [-0.1, -0.05) is 17.7 Å². The normalized spacial score (nSPS) is 11.2. The van der Waals surface area contributed by atoms with Crippen LogP contribution in [-0.2, 0) is 4.79 Å². The van der Waals surface area contributed by atoms with Crippen LogP contribution >= 0.6 is 11.6 Å². The Hall–Kier alpha value is -1.94. The average molecular weight is 252 g/mol. The highest BCUT2D eigenvalue weighted by Gasteiger charge is 2.03. The highest BCUT2D eigenvalue weighted by atomic mass is 35.5. The lowest BCUT2D eigenvalue weighted by molar-refractivity contribution is -0.131. The van der Waals surface area contributed by atoms with Crippen LogP contribution in [0, 0.1) is 5.82 Å². The molecule has 17 heavy (non-hydrogen) atoms. The van der Waals surface area contributed by atoms with E-state index in [1.165, 1.54) is 18.2 Å². The fraction of sp³-hybridized carbons (Fsp3) is 0. The lowest BCUT2D eigenvalue weighted by Crippen LogP contribution is -1.89. The third-order valence-electron chi connectivity index (χ3n) is 2.15. The topological polar surface area (TPSA) is 50.2 Å². The summed E-state index contributed by atoms with van der Waals surface area (Å²) < 4.78 is 13.2. The fourth-order valence-electron chi connectivity index (χ4n) is 1.38. The maximum atomic E-state index is 13.2. The first kappa shape index (κ1) is 11.5. The first-order chi connectivity index (χ1) is 8.06. The molecule has 2 rings (SSSR count). The van der Waals surface area contributed by atoms with Gasteiger partial charge in [-0.15, -0.1) is 0 Å². The van der Waals surface area contributed by atoms with E-state index in [0.717, 1.165) is 6.08 Å². The molecule has 0 spiro atoms. The first-order valence-electron chi connectivity index (χ1n) is 4.73. The quantitative estimate of drug-likeness (QED) is 0.835. The maximum absolute atomic E-state index is 13.2. The number of carbonyl (C=O) groups is 1. The van der Waals surface area contributed by atoms with Crippen molar-refractivity contribution in [2.75, 3.05) is 0 Å². The molecule has 1 aromatic heterocycles. The number of aliphatic carboxylic acids is 1. The monoisotopic (exact) mass is 251 g/mol. The van der Waals surface area contributed by atoms with Crippen molar-refractivity contribution in [3.05, 3.63) is 46.9 Å². The van der Waals surface area contributed by atoms with Crippen LogP contribution in [0.4, 0.5) is 4.39 Å². The number of nitrogens with zero attached hydrogens (tertiary/aromatic N) is 1. The second kappa shape index (κ2) is 4.51. The molecule has 5 heteroatoms. The molecular weight excluding hydrogens is 245 g/mol. The van der Waals surface area contributed by atoms with Gasteiger partial charge in [0.2, 0.25) is 0 Å². The predicted molar refractivity (Wildman–Crippen MR) is 63.4 cm³/mol. The molecule has 0 bridgehead atoms. The van der Waals surface area contributed by atoms with Gasteiger partial charge in [0.1, 0.15) is 5.82 Å². The van der Waals surface area contributed by atoms with Gasteiger partial charge in [0.25, 0.3) is 0 Å². The third-order valence-corrected chi connectivity index (χ3v) is 2.44. The molecule has 0 aliphatic heterocycles. The standard InChI is InChI=1S/C12H7ClFNO2/c13-9-6-11-7(5-10(9)14)1-2-8(15-11)3-4-12(16)17/h1-6H,(H,16,17)/b4-3+. The molecule has 3 nitrogen and oxygen atoms in total. The fourth-order valence-corrected chi connectivity index (χ4v) is 1.54. The molecule has 0 saturated heterocycles. The van der Waals surface area contributed by atoms with Crippen LogP contribution in [0.15, 0.2) is 30.3 Å². The van der Waals surface area contributed by atoms with E-state index in [0.29, 0.717) is 16.6 Å². The van der Waals surface area contributed by atoms with Crippen LogP contribution in [0.5, 0.6) is 0 Å². The number of aromatic nitrogens is 1. The van der Waals surface area contributed by atoms with Crippen LogP contribution in [0.3, 0.4) is 0 Å². The summed E-state index contributed by atoms with van der Waals surface area (Å²) in [5.74, 6) is -1.56.